The van der Waals surface area contributed by atoms with Crippen LogP contribution in [0.15, 0.2) is 36.4 Å². The van der Waals surface area contributed by atoms with E-state index in [1.807, 2.05) is 30.3 Å². The fourth-order valence-corrected chi connectivity index (χ4v) is 4.32. The number of pyridine rings is 1. The van der Waals surface area contributed by atoms with Gasteiger partial charge in [0.15, 0.2) is 0 Å². The maximum absolute atomic E-state index is 12.2. The van der Waals surface area contributed by atoms with Crippen molar-refractivity contribution in [3.8, 4) is 0 Å². The molecule has 3 rings (SSSR count). The Kier molecular flexibility index (Phi) is 4.06. The third kappa shape index (κ3) is 2.80. The predicted octanol–water partition coefficient (Wildman–Crippen LogP) is 2.10. The number of fused-ring (bicyclic) bond motifs is 1. The summed E-state index contributed by atoms with van der Waals surface area (Å²) in [5, 5.41) is 0.843. The van der Waals surface area contributed by atoms with E-state index >= 15 is 0 Å². The van der Waals surface area contributed by atoms with Gasteiger partial charge >= 0.3 is 0 Å². The van der Waals surface area contributed by atoms with Crippen LogP contribution in [-0.2, 0) is 10.0 Å². The molecule has 1 aromatic heterocycles. The topological polar surface area (TPSA) is 53.5 Å². The van der Waals surface area contributed by atoms with Gasteiger partial charge < -0.3 is 4.90 Å². The molecule has 0 atom stereocenters. The molecule has 1 fully saturated rings. The molecule has 0 bridgehead atoms. The van der Waals surface area contributed by atoms with Crippen molar-refractivity contribution in [2.45, 2.75) is 18.1 Å². The summed E-state index contributed by atoms with van der Waals surface area (Å²) in [7, 11) is 0.0536. The zero-order valence-corrected chi connectivity index (χ0v) is 13.8. The van der Waals surface area contributed by atoms with E-state index in [-0.39, 0.29) is 5.25 Å². The van der Waals surface area contributed by atoms with Gasteiger partial charge in [-0.05, 0) is 31.0 Å². The highest BCUT2D eigenvalue weighted by Crippen LogP contribution is 2.24. The molecule has 5 nitrogen and oxygen atoms in total. The number of piperidine rings is 1. The lowest BCUT2D eigenvalue weighted by Gasteiger charge is -2.33. The first kappa shape index (κ1) is 15.2. The Labute approximate surface area is 131 Å². The monoisotopic (exact) mass is 319 g/mol. The van der Waals surface area contributed by atoms with Crippen molar-refractivity contribution in [3.05, 3.63) is 36.4 Å². The minimum absolute atomic E-state index is 0.279. The van der Waals surface area contributed by atoms with Crippen molar-refractivity contribution in [3.63, 3.8) is 0 Å². The van der Waals surface area contributed by atoms with Gasteiger partial charge in [-0.25, -0.2) is 17.7 Å². The summed E-state index contributed by atoms with van der Waals surface area (Å²) in [6.07, 6.45) is 1.30. The van der Waals surface area contributed by atoms with Crippen molar-refractivity contribution in [2.75, 3.05) is 32.1 Å². The van der Waals surface area contributed by atoms with Crippen LogP contribution in [0.1, 0.15) is 12.8 Å². The van der Waals surface area contributed by atoms with E-state index in [0.29, 0.717) is 12.8 Å². The van der Waals surface area contributed by atoms with Crippen molar-refractivity contribution >= 4 is 26.7 Å². The van der Waals surface area contributed by atoms with Gasteiger partial charge in [0.05, 0.1) is 10.8 Å². The Bertz CT molecular complexity index is 766. The number of nitrogens with zero attached hydrogens (tertiary/aromatic N) is 3. The molecule has 2 heterocycles. The standard InChI is InChI=1S/C16H21N3O2S/c1-18(2)22(20,21)14-9-11-19(12-10-14)16-8-7-13-5-3-4-6-15(13)17-16/h3-8,14H,9-12H2,1-2H3. The molecule has 0 N–H and O–H groups in total. The molecule has 0 radical (unpaired) electrons. The number of rotatable bonds is 3. The Hall–Kier alpha value is -1.66. The predicted molar refractivity (Wildman–Crippen MR) is 89.6 cm³/mol. The molecule has 1 aliphatic rings. The number of hydrogen-bond donors (Lipinski definition) is 0. The lowest BCUT2D eigenvalue weighted by molar-refractivity contribution is 0.476. The fourth-order valence-electron chi connectivity index (χ4n) is 2.91. The van der Waals surface area contributed by atoms with Crippen molar-refractivity contribution in [1.82, 2.24) is 9.29 Å². The molecular formula is C16H21N3O2S. The van der Waals surface area contributed by atoms with Crippen LogP contribution in [0.2, 0.25) is 0 Å². The van der Waals surface area contributed by atoms with E-state index in [0.717, 1.165) is 29.8 Å². The molecule has 2 aromatic rings. The van der Waals surface area contributed by atoms with Gasteiger partial charge in [0.1, 0.15) is 5.82 Å². The van der Waals surface area contributed by atoms with E-state index in [2.05, 4.69) is 16.0 Å². The lowest BCUT2D eigenvalue weighted by atomic mass is 10.1. The maximum Gasteiger partial charge on any atom is 0.216 e. The first-order valence-electron chi connectivity index (χ1n) is 7.50. The summed E-state index contributed by atoms with van der Waals surface area (Å²) in [5.74, 6) is 0.930. The number of benzene rings is 1. The molecule has 118 valence electrons. The van der Waals surface area contributed by atoms with Crippen molar-refractivity contribution in [2.24, 2.45) is 0 Å². The fraction of sp³-hybridized carbons (Fsp3) is 0.438. The normalized spacial score (nSPS) is 17.3. The third-order valence-electron chi connectivity index (χ3n) is 4.28. The summed E-state index contributed by atoms with van der Waals surface area (Å²) >= 11 is 0. The molecule has 0 aliphatic carbocycles. The number of aromatic nitrogens is 1. The minimum atomic E-state index is -3.15. The largest absolute Gasteiger partial charge is 0.357 e. The Morgan fingerprint density at radius 1 is 1.09 bits per heavy atom. The maximum atomic E-state index is 12.2. The summed E-state index contributed by atoms with van der Waals surface area (Å²) in [6, 6.07) is 12.1. The smallest absolute Gasteiger partial charge is 0.216 e. The lowest BCUT2D eigenvalue weighted by Crippen LogP contribution is -2.43. The van der Waals surface area contributed by atoms with Gasteiger partial charge in [0.2, 0.25) is 10.0 Å². The molecule has 0 amide bonds. The van der Waals surface area contributed by atoms with Crippen LogP contribution in [-0.4, -0.2) is 50.1 Å². The molecular weight excluding hydrogens is 298 g/mol. The summed E-state index contributed by atoms with van der Waals surface area (Å²) in [6.45, 7) is 1.45. The number of hydrogen-bond acceptors (Lipinski definition) is 4. The van der Waals surface area contributed by atoms with E-state index in [1.54, 1.807) is 14.1 Å². The Morgan fingerprint density at radius 2 is 1.77 bits per heavy atom. The molecule has 22 heavy (non-hydrogen) atoms. The molecule has 0 unspecified atom stereocenters. The summed E-state index contributed by atoms with van der Waals surface area (Å²) < 4.78 is 25.7. The first-order valence-corrected chi connectivity index (χ1v) is 9.01. The third-order valence-corrected chi connectivity index (χ3v) is 6.61. The van der Waals surface area contributed by atoms with Crippen LogP contribution in [0.25, 0.3) is 10.9 Å². The van der Waals surface area contributed by atoms with Gasteiger partial charge in [0, 0.05) is 32.6 Å². The Balaban J connectivity index is 1.75. The zero-order valence-electron chi connectivity index (χ0n) is 12.9. The van der Waals surface area contributed by atoms with Gasteiger partial charge in [0.25, 0.3) is 0 Å². The SMILES string of the molecule is CN(C)S(=O)(=O)C1CCN(c2ccc3ccccc3n2)CC1. The van der Waals surface area contributed by atoms with Crippen LogP contribution in [0.3, 0.4) is 0 Å². The van der Waals surface area contributed by atoms with Gasteiger partial charge in [-0.15, -0.1) is 0 Å². The quantitative estimate of drug-likeness (QED) is 0.869. The second-order valence-electron chi connectivity index (χ2n) is 5.88. The molecule has 6 heteroatoms. The van der Waals surface area contributed by atoms with Crippen LogP contribution < -0.4 is 4.90 Å². The van der Waals surface area contributed by atoms with E-state index in [1.165, 1.54) is 4.31 Å². The highest BCUT2D eigenvalue weighted by atomic mass is 32.2. The van der Waals surface area contributed by atoms with Gasteiger partial charge in [-0.3, -0.25) is 0 Å². The molecule has 1 saturated heterocycles. The highest BCUT2D eigenvalue weighted by Gasteiger charge is 2.31. The highest BCUT2D eigenvalue weighted by molar-refractivity contribution is 7.89. The van der Waals surface area contributed by atoms with E-state index < -0.39 is 10.0 Å². The van der Waals surface area contributed by atoms with Crippen LogP contribution in [0.5, 0.6) is 0 Å². The van der Waals surface area contributed by atoms with Crippen LogP contribution >= 0.6 is 0 Å². The molecule has 0 spiro atoms. The number of para-hydroxylation sites is 1. The molecule has 1 aliphatic heterocycles. The second-order valence-corrected chi connectivity index (χ2v) is 8.30. The van der Waals surface area contributed by atoms with Crippen molar-refractivity contribution in [1.29, 1.82) is 0 Å². The summed E-state index contributed by atoms with van der Waals surface area (Å²) in [5.41, 5.74) is 0.975. The second kappa shape index (κ2) is 5.85. The number of sulfonamides is 1. The van der Waals surface area contributed by atoms with E-state index in [4.69, 9.17) is 0 Å². The van der Waals surface area contributed by atoms with Gasteiger partial charge in [-0.1, -0.05) is 18.2 Å². The molecule has 1 aromatic carbocycles. The molecule has 0 saturated carbocycles. The first-order chi connectivity index (χ1) is 10.5. The average Bonchev–Trinajstić information content (AvgIpc) is 2.54. The Morgan fingerprint density at radius 3 is 2.45 bits per heavy atom. The summed E-state index contributed by atoms with van der Waals surface area (Å²) in [4.78, 5) is 6.86. The van der Waals surface area contributed by atoms with Crippen LogP contribution in [0.4, 0.5) is 5.82 Å². The van der Waals surface area contributed by atoms with Crippen LogP contribution in [0, 0.1) is 0 Å². The van der Waals surface area contributed by atoms with E-state index in [9.17, 15) is 8.42 Å². The van der Waals surface area contributed by atoms with Gasteiger partial charge in [-0.2, -0.15) is 0 Å². The number of anilines is 1. The van der Waals surface area contributed by atoms with Crippen molar-refractivity contribution < 1.29 is 8.42 Å². The zero-order chi connectivity index (χ0) is 15.7. The average molecular weight is 319 g/mol. The minimum Gasteiger partial charge on any atom is -0.357 e.